The Morgan fingerprint density at radius 3 is 2.23 bits per heavy atom. The highest BCUT2D eigenvalue weighted by atomic mass is 35.5. The molecule has 0 spiro atoms. The zero-order valence-electron chi connectivity index (χ0n) is 12.6. The number of benzene rings is 1. The first-order chi connectivity index (χ1) is 9.63. The molecule has 1 heterocycles. The molecule has 1 fully saturated rings. The Morgan fingerprint density at radius 1 is 1.05 bits per heavy atom. The maximum absolute atomic E-state index is 14.0. The fourth-order valence-electron chi connectivity index (χ4n) is 2.72. The molecule has 2 rings (SSSR count). The van der Waals surface area contributed by atoms with Crippen molar-refractivity contribution in [2.24, 2.45) is 0 Å². The molecule has 1 N–H and O–H groups in total. The highest BCUT2D eigenvalue weighted by Crippen LogP contribution is 2.30. The van der Waals surface area contributed by atoms with Crippen LogP contribution in [-0.4, -0.2) is 31.1 Å². The van der Waals surface area contributed by atoms with Gasteiger partial charge in [-0.3, -0.25) is 4.90 Å². The van der Waals surface area contributed by atoms with E-state index in [0.29, 0.717) is 6.07 Å². The smallest absolute Gasteiger partial charge is 0.161 e. The molecular weight excluding hydrogens is 336 g/mol. The van der Waals surface area contributed by atoms with E-state index < -0.39 is 17.5 Å². The van der Waals surface area contributed by atoms with Crippen molar-refractivity contribution in [2.75, 3.05) is 26.2 Å². The molecule has 0 aliphatic carbocycles. The molecule has 1 aromatic rings. The standard InChI is InChI=1S/C15H21F3N2.2ClH/c1-2-3-4-15(20-7-5-19-6-8-20)11-9-13(17)14(18)10-12(11)16;;/h9-10,15,19H,2-8H2,1H3;2*1H/t15-;;/m1../s1. The lowest BCUT2D eigenvalue weighted by Gasteiger charge is -2.35. The lowest BCUT2D eigenvalue weighted by molar-refractivity contribution is 0.159. The fraction of sp³-hybridized carbons (Fsp3) is 0.600. The van der Waals surface area contributed by atoms with Gasteiger partial charge in [0.1, 0.15) is 5.82 Å². The van der Waals surface area contributed by atoms with Crippen molar-refractivity contribution >= 4 is 24.8 Å². The minimum atomic E-state index is -1.12. The van der Waals surface area contributed by atoms with Gasteiger partial charge in [0.15, 0.2) is 11.6 Å². The average molecular weight is 359 g/mol. The van der Waals surface area contributed by atoms with Crippen LogP contribution in [-0.2, 0) is 0 Å². The third-order valence-electron chi connectivity index (χ3n) is 3.82. The molecule has 0 amide bonds. The number of rotatable bonds is 5. The minimum absolute atomic E-state index is 0. The lowest BCUT2D eigenvalue weighted by Crippen LogP contribution is -2.45. The molecule has 7 heteroatoms. The highest BCUT2D eigenvalue weighted by molar-refractivity contribution is 5.85. The van der Waals surface area contributed by atoms with Gasteiger partial charge in [-0.2, -0.15) is 0 Å². The van der Waals surface area contributed by atoms with E-state index in [1.807, 2.05) is 0 Å². The van der Waals surface area contributed by atoms with Crippen LogP contribution in [0.15, 0.2) is 12.1 Å². The Hall–Kier alpha value is -0.490. The lowest BCUT2D eigenvalue weighted by atomic mass is 9.98. The van der Waals surface area contributed by atoms with Crippen LogP contribution < -0.4 is 5.32 Å². The summed E-state index contributed by atoms with van der Waals surface area (Å²) < 4.78 is 40.5. The predicted octanol–water partition coefficient (Wildman–Crippen LogP) is 4.08. The molecule has 22 heavy (non-hydrogen) atoms. The Labute approximate surface area is 142 Å². The first kappa shape index (κ1) is 21.5. The molecule has 0 bridgehead atoms. The molecule has 0 saturated carbocycles. The number of hydrogen-bond donors (Lipinski definition) is 1. The largest absolute Gasteiger partial charge is 0.314 e. The van der Waals surface area contributed by atoms with Gasteiger partial charge in [0, 0.05) is 43.9 Å². The number of nitrogens with zero attached hydrogens (tertiary/aromatic N) is 1. The van der Waals surface area contributed by atoms with E-state index in [4.69, 9.17) is 0 Å². The number of nitrogens with one attached hydrogen (secondary N) is 1. The van der Waals surface area contributed by atoms with E-state index in [1.54, 1.807) is 0 Å². The van der Waals surface area contributed by atoms with E-state index in [-0.39, 0.29) is 36.4 Å². The van der Waals surface area contributed by atoms with E-state index in [2.05, 4.69) is 17.1 Å². The number of hydrogen-bond acceptors (Lipinski definition) is 2. The number of halogens is 5. The molecular formula is C15H23Cl2F3N2. The quantitative estimate of drug-likeness (QED) is 0.797. The van der Waals surface area contributed by atoms with E-state index in [1.165, 1.54) is 0 Å². The molecule has 1 aromatic carbocycles. The van der Waals surface area contributed by atoms with E-state index in [0.717, 1.165) is 51.5 Å². The fourth-order valence-corrected chi connectivity index (χ4v) is 2.72. The normalized spacial score (nSPS) is 16.5. The van der Waals surface area contributed by atoms with Crippen molar-refractivity contribution in [3.05, 3.63) is 35.1 Å². The van der Waals surface area contributed by atoms with Gasteiger partial charge >= 0.3 is 0 Å². The molecule has 0 radical (unpaired) electrons. The van der Waals surface area contributed by atoms with E-state index >= 15 is 0 Å². The summed E-state index contributed by atoms with van der Waals surface area (Å²) in [5.41, 5.74) is 0.277. The van der Waals surface area contributed by atoms with Gasteiger partial charge < -0.3 is 5.32 Å². The minimum Gasteiger partial charge on any atom is -0.314 e. The summed E-state index contributed by atoms with van der Waals surface area (Å²) in [6.45, 7) is 5.35. The number of unbranched alkanes of at least 4 members (excludes halogenated alkanes) is 1. The van der Waals surface area contributed by atoms with Crippen molar-refractivity contribution in [2.45, 2.75) is 32.2 Å². The summed E-state index contributed by atoms with van der Waals surface area (Å²) in [4.78, 5) is 2.15. The summed E-state index contributed by atoms with van der Waals surface area (Å²) >= 11 is 0. The van der Waals surface area contributed by atoms with Gasteiger partial charge in [-0.05, 0) is 12.5 Å². The molecule has 2 nitrogen and oxygen atoms in total. The van der Waals surface area contributed by atoms with Crippen LogP contribution in [0.3, 0.4) is 0 Å². The maximum Gasteiger partial charge on any atom is 0.161 e. The van der Waals surface area contributed by atoms with Crippen LogP contribution in [0.5, 0.6) is 0 Å². The van der Waals surface area contributed by atoms with Crippen molar-refractivity contribution < 1.29 is 13.2 Å². The zero-order valence-corrected chi connectivity index (χ0v) is 14.2. The Kier molecular flexibility index (Phi) is 10.1. The maximum atomic E-state index is 14.0. The Bertz CT molecular complexity index is 455. The van der Waals surface area contributed by atoms with Gasteiger partial charge in [0.2, 0.25) is 0 Å². The van der Waals surface area contributed by atoms with Crippen LogP contribution in [0.1, 0.15) is 37.8 Å². The second-order valence-electron chi connectivity index (χ2n) is 5.23. The summed E-state index contributed by atoms with van der Waals surface area (Å²) in [5.74, 6) is -2.75. The molecule has 1 atom stereocenters. The summed E-state index contributed by atoms with van der Waals surface area (Å²) in [5, 5.41) is 3.24. The average Bonchev–Trinajstić information content (AvgIpc) is 2.45. The Balaban J connectivity index is 0.00000220. The van der Waals surface area contributed by atoms with Crippen LogP contribution in [0.2, 0.25) is 0 Å². The monoisotopic (exact) mass is 358 g/mol. The molecule has 1 aliphatic heterocycles. The predicted molar refractivity (Wildman–Crippen MR) is 87.5 cm³/mol. The molecule has 1 saturated heterocycles. The topological polar surface area (TPSA) is 15.3 Å². The zero-order chi connectivity index (χ0) is 14.5. The van der Waals surface area contributed by atoms with Crippen molar-refractivity contribution in [1.29, 1.82) is 0 Å². The van der Waals surface area contributed by atoms with Crippen molar-refractivity contribution in [1.82, 2.24) is 10.2 Å². The van der Waals surface area contributed by atoms with Crippen molar-refractivity contribution in [3.8, 4) is 0 Å². The second-order valence-corrected chi connectivity index (χ2v) is 5.23. The van der Waals surface area contributed by atoms with Gasteiger partial charge in [-0.15, -0.1) is 24.8 Å². The molecule has 0 unspecified atom stereocenters. The first-order valence-corrected chi connectivity index (χ1v) is 7.22. The van der Waals surface area contributed by atoms with Crippen LogP contribution in [0, 0.1) is 17.5 Å². The van der Waals surface area contributed by atoms with Gasteiger partial charge in [0.05, 0.1) is 0 Å². The van der Waals surface area contributed by atoms with Crippen LogP contribution >= 0.6 is 24.8 Å². The molecule has 128 valence electrons. The van der Waals surface area contributed by atoms with Gasteiger partial charge in [0.25, 0.3) is 0 Å². The first-order valence-electron chi connectivity index (χ1n) is 7.22. The summed E-state index contributed by atoms with van der Waals surface area (Å²) in [6, 6.07) is 1.51. The Morgan fingerprint density at radius 2 is 1.64 bits per heavy atom. The van der Waals surface area contributed by atoms with E-state index in [9.17, 15) is 13.2 Å². The number of piperazine rings is 1. The molecule has 1 aliphatic rings. The summed E-state index contributed by atoms with van der Waals surface area (Å²) in [6.07, 6.45) is 2.69. The second kappa shape index (κ2) is 10.3. The third-order valence-corrected chi connectivity index (χ3v) is 3.82. The van der Waals surface area contributed by atoms with Crippen LogP contribution in [0.4, 0.5) is 13.2 Å². The molecule has 0 aromatic heterocycles. The SMILES string of the molecule is CCCC[C@H](c1cc(F)c(F)cc1F)N1CCNCC1.Cl.Cl. The van der Waals surface area contributed by atoms with Gasteiger partial charge in [-0.25, -0.2) is 13.2 Å². The summed E-state index contributed by atoms with van der Waals surface area (Å²) in [7, 11) is 0. The third kappa shape index (κ3) is 5.30. The highest BCUT2D eigenvalue weighted by Gasteiger charge is 2.25. The van der Waals surface area contributed by atoms with Gasteiger partial charge in [-0.1, -0.05) is 19.8 Å². The van der Waals surface area contributed by atoms with Crippen molar-refractivity contribution in [3.63, 3.8) is 0 Å². The van der Waals surface area contributed by atoms with Crippen LogP contribution in [0.25, 0.3) is 0 Å².